The number of nitrogens with zero attached hydrogens (tertiary/aromatic N) is 3. The minimum Gasteiger partial charge on any atom is -0.433 e. The van der Waals surface area contributed by atoms with Crippen molar-refractivity contribution in [1.82, 2.24) is 9.55 Å². The van der Waals surface area contributed by atoms with E-state index in [1.807, 2.05) is 24.3 Å². The van der Waals surface area contributed by atoms with Gasteiger partial charge in [-0.25, -0.2) is 0 Å². The van der Waals surface area contributed by atoms with Crippen LogP contribution in [0.4, 0.5) is 5.82 Å². The Bertz CT molecular complexity index is 845. The van der Waals surface area contributed by atoms with Crippen molar-refractivity contribution in [2.24, 2.45) is 7.05 Å². The number of nitro groups is 1. The zero-order valence-electron chi connectivity index (χ0n) is 11.0. The summed E-state index contributed by atoms with van der Waals surface area (Å²) in [5.74, 6) is 0.241. The molecule has 0 amide bonds. The summed E-state index contributed by atoms with van der Waals surface area (Å²) in [6, 6.07) is 10.8. The quantitative estimate of drug-likeness (QED) is 0.543. The van der Waals surface area contributed by atoms with E-state index in [2.05, 4.69) is 4.98 Å². The molecule has 6 nitrogen and oxygen atoms in total. The lowest BCUT2D eigenvalue weighted by Gasteiger charge is -2.09. The molecule has 0 bridgehead atoms. The highest BCUT2D eigenvalue weighted by Crippen LogP contribution is 2.36. The van der Waals surface area contributed by atoms with Gasteiger partial charge in [0.05, 0.1) is 0 Å². The van der Waals surface area contributed by atoms with E-state index in [-0.39, 0.29) is 11.7 Å². The van der Waals surface area contributed by atoms with Gasteiger partial charge < -0.3 is 14.9 Å². The Kier molecular flexibility index (Phi) is 3.23. The third kappa shape index (κ3) is 2.30. The SMILES string of the molecule is Cn1cnc([N+](=O)[O-])c1Oc1ccc(Cl)c2ccccc12. The summed E-state index contributed by atoms with van der Waals surface area (Å²) in [6.45, 7) is 0. The maximum absolute atomic E-state index is 11.0. The molecule has 0 fully saturated rings. The lowest BCUT2D eigenvalue weighted by Crippen LogP contribution is -1.97. The fourth-order valence-corrected chi connectivity index (χ4v) is 2.31. The number of rotatable bonds is 3. The largest absolute Gasteiger partial charge is 0.433 e. The molecule has 1 aromatic heterocycles. The van der Waals surface area contributed by atoms with Crippen LogP contribution < -0.4 is 4.74 Å². The number of hydrogen-bond acceptors (Lipinski definition) is 4. The summed E-state index contributed by atoms with van der Waals surface area (Å²) in [5, 5.41) is 13.2. The summed E-state index contributed by atoms with van der Waals surface area (Å²) in [4.78, 5) is 14.1. The molecule has 21 heavy (non-hydrogen) atoms. The molecule has 3 aromatic rings. The minimum atomic E-state index is -0.576. The van der Waals surface area contributed by atoms with Crippen LogP contribution in [-0.4, -0.2) is 14.5 Å². The van der Waals surface area contributed by atoms with Crippen molar-refractivity contribution in [1.29, 1.82) is 0 Å². The van der Waals surface area contributed by atoms with Gasteiger partial charge >= 0.3 is 11.7 Å². The highest BCUT2D eigenvalue weighted by molar-refractivity contribution is 6.35. The first-order chi connectivity index (χ1) is 10.1. The van der Waals surface area contributed by atoms with E-state index < -0.39 is 4.92 Å². The van der Waals surface area contributed by atoms with Gasteiger partial charge in [-0.1, -0.05) is 35.9 Å². The zero-order valence-corrected chi connectivity index (χ0v) is 11.7. The molecule has 0 radical (unpaired) electrons. The van der Waals surface area contributed by atoms with Crippen LogP contribution in [0.15, 0.2) is 42.7 Å². The van der Waals surface area contributed by atoms with Gasteiger partial charge in [0.2, 0.25) is 6.33 Å². The molecule has 0 saturated carbocycles. The molecular formula is C14H10ClN3O3. The summed E-state index contributed by atoms with van der Waals surface area (Å²) in [5.41, 5.74) is 0. The van der Waals surface area contributed by atoms with Gasteiger partial charge in [-0.2, -0.15) is 0 Å². The van der Waals surface area contributed by atoms with Crippen molar-refractivity contribution < 1.29 is 9.66 Å². The van der Waals surface area contributed by atoms with E-state index in [4.69, 9.17) is 16.3 Å². The third-order valence-electron chi connectivity index (χ3n) is 3.08. The van der Waals surface area contributed by atoms with Gasteiger partial charge in [0.1, 0.15) is 5.75 Å². The number of imidazole rings is 1. The molecule has 0 spiro atoms. The first-order valence-corrected chi connectivity index (χ1v) is 6.46. The summed E-state index contributed by atoms with van der Waals surface area (Å²) in [6.07, 6.45) is 1.34. The molecule has 0 atom stereocenters. The van der Waals surface area contributed by atoms with Crippen LogP contribution in [0.2, 0.25) is 5.02 Å². The average Bonchev–Trinajstić information content (AvgIpc) is 2.84. The number of benzene rings is 2. The Morgan fingerprint density at radius 1 is 1.24 bits per heavy atom. The Morgan fingerprint density at radius 2 is 1.95 bits per heavy atom. The second-order valence-corrected chi connectivity index (χ2v) is 4.84. The second-order valence-electron chi connectivity index (χ2n) is 4.43. The molecule has 3 rings (SSSR count). The van der Waals surface area contributed by atoms with Gasteiger partial charge in [-0.15, -0.1) is 0 Å². The number of aryl methyl sites for hydroxylation is 1. The molecule has 106 valence electrons. The Hall–Kier alpha value is -2.60. The number of halogens is 1. The van der Waals surface area contributed by atoms with E-state index in [1.165, 1.54) is 10.9 Å². The summed E-state index contributed by atoms with van der Waals surface area (Å²) in [7, 11) is 1.63. The topological polar surface area (TPSA) is 70.2 Å². The van der Waals surface area contributed by atoms with E-state index in [0.717, 1.165) is 10.8 Å². The van der Waals surface area contributed by atoms with Crippen molar-refractivity contribution in [3.8, 4) is 11.6 Å². The minimum absolute atomic E-state index is 0.0764. The van der Waals surface area contributed by atoms with Crippen molar-refractivity contribution in [2.75, 3.05) is 0 Å². The molecule has 7 heteroatoms. The van der Waals surface area contributed by atoms with Crippen LogP contribution in [0.3, 0.4) is 0 Å². The standard InChI is InChI=1S/C14H10ClN3O3/c1-17-8-16-13(18(19)20)14(17)21-12-7-6-11(15)9-4-2-3-5-10(9)12/h2-8H,1H3. The van der Waals surface area contributed by atoms with Gasteiger partial charge in [-0.05, 0) is 22.0 Å². The van der Waals surface area contributed by atoms with E-state index in [9.17, 15) is 10.1 Å². The average molecular weight is 304 g/mol. The molecule has 0 aliphatic carbocycles. The number of hydrogen-bond donors (Lipinski definition) is 0. The Balaban J connectivity index is 2.13. The van der Waals surface area contributed by atoms with Gasteiger partial charge in [0.15, 0.2) is 0 Å². The fraction of sp³-hybridized carbons (Fsp3) is 0.0714. The normalized spacial score (nSPS) is 10.8. The molecule has 0 saturated heterocycles. The van der Waals surface area contributed by atoms with Crippen LogP contribution in [0, 0.1) is 10.1 Å². The van der Waals surface area contributed by atoms with E-state index in [0.29, 0.717) is 10.8 Å². The molecule has 2 aromatic carbocycles. The van der Waals surface area contributed by atoms with Crippen molar-refractivity contribution >= 4 is 28.2 Å². The summed E-state index contributed by atoms with van der Waals surface area (Å²) >= 11 is 6.14. The highest BCUT2D eigenvalue weighted by Gasteiger charge is 2.23. The monoisotopic (exact) mass is 303 g/mol. The van der Waals surface area contributed by atoms with Crippen molar-refractivity contribution in [3.63, 3.8) is 0 Å². The first-order valence-electron chi connectivity index (χ1n) is 6.08. The first kappa shape index (κ1) is 13.4. The fourth-order valence-electron chi connectivity index (χ4n) is 2.08. The van der Waals surface area contributed by atoms with Gasteiger partial charge in [0, 0.05) is 22.8 Å². The van der Waals surface area contributed by atoms with Gasteiger partial charge in [-0.3, -0.25) is 4.57 Å². The van der Waals surface area contributed by atoms with Crippen molar-refractivity contribution in [2.45, 2.75) is 0 Å². The van der Waals surface area contributed by atoms with Crippen LogP contribution in [0.1, 0.15) is 0 Å². The van der Waals surface area contributed by atoms with Crippen LogP contribution in [0.25, 0.3) is 10.8 Å². The van der Waals surface area contributed by atoms with E-state index in [1.54, 1.807) is 19.2 Å². The number of ether oxygens (including phenoxy) is 1. The smallest absolute Gasteiger partial charge is 0.427 e. The van der Waals surface area contributed by atoms with Crippen molar-refractivity contribution in [3.05, 3.63) is 57.9 Å². The van der Waals surface area contributed by atoms with E-state index >= 15 is 0 Å². The maximum Gasteiger partial charge on any atom is 0.427 e. The number of aromatic nitrogens is 2. The summed E-state index contributed by atoms with van der Waals surface area (Å²) < 4.78 is 7.17. The lowest BCUT2D eigenvalue weighted by molar-refractivity contribution is -0.390. The molecule has 0 unspecified atom stereocenters. The lowest BCUT2D eigenvalue weighted by atomic mass is 10.1. The Labute approximate surface area is 124 Å². The molecule has 0 N–H and O–H groups in total. The van der Waals surface area contributed by atoms with Crippen LogP contribution >= 0.6 is 11.6 Å². The van der Waals surface area contributed by atoms with Crippen LogP contribution in [0.5, 0.6) is 11.6 Å². The number of fused-ring (bicyclic) bond motifs is 1. The third-order valence-corrected chi connectivity index (χ3v) is 3.40. The second kappa shape index (κ2) is 5.06. The molecule has 1 heterocycles. The molecular weight excluding hydrogens is 294 g/mol. The zero-order chi connectivity index (χ0) is 15.0. The Morgan fingerprint density at radius 3 is 2.67 bits per heavy atom. The van der Waals surface area contributed by atoms with Crippen LogP contribution in [-0.2, 0) is 7.05 Å². The highest BCUT2D eigenvalue weighted by atomic mass is 35.5. The molecule has 0 aliphatic heterocycles. The predicted molar refractivity (Wildman–Crippen MR) is 78.9 cm³/mol. The maximum atomic E-state index is 11.0. The van der Waals surface area contributed by atoms with Gasteiger partial charge in [0.25, 0.3) is 0 Å². The predicted octanol–water partition coefficient (Wildman–Crippen LogP) is 3.93. The molecule has 0 aliphatic rings.